The summed E-state index contributed by atoms with van der Waals surface area (Å²) >= 11 is 0. The molecule has 35 heavy (non-hydrogen) atoms. The molecule has 0 aromatic heterocycles. The van der Waals surface area contributed by atoms with Gasteiger partial charge in [-0.3, -0.25) is 0 Å². The molecule has 2 aliphatic rings. The van der Waals surface area contributed by atoms with Crippen LogP contribution in [0.4, 0.5) is 13.2 Å². The van der Waals surface area contributed by atoms with E-state index in [1.54, 1.807) is 18.2 Å². The zero-order chi connectivity index (χ0) is 25.1. The first kappa shape index (κ1) is 23.2. The van der Waals surface area contributed by atoms with Crippen LogP contribution in [0.5, 0.6) is 17.2 Å². The minimum Gasteiger partial charge on any atom is -0.457 e. The molecular formula is C22H15F3O9S. The molecule has 0 radical (unpaired) electrons. The Balaban J connectivity index is 1.89. The first-order valence-corrected chi connectivity index (χ1v) is 11.4. The van der Waals surface area contributed by atoms with E-state index in [9.17, 15) is 36.6 Å². The van der Waals surface area contributed by atoms with Crippen LogP contribution in [0.15, 0.2) is 30.3 Å². The lowest BCUT2D eigenvalue weighted by Gasteiger charge is -2.19. The van der Waals surface area contributed by atoms with Crippen LogP contribution in [0.1, 0.15) is 27.0 Å². The molecular weight excluding hydrogens is 497 g/mol. The predicted molar refractivity (Wildman–Crippen MR) is 112 cm³/mol. The summed E-state index contributed by atoms with van der Waals surface area (Å²) in [6.45, 7) is -1.73. The molecule has 0 saturated heterocycles. The van der Waals surface area contributed by atoms with E-state index in [0.29, 0.717) is 17.1 Å². The fraction of sp³-hybridized carbons (Fsp3) is 0.227. The summed E-state index contributed by atoms with van der Waals surface area (Å²) in [5.41, 5.74) is -5.22. The van der Waals surface area contributed by atoms with Crippen molar-refractivity contribution in [3.8, 4) is 28.4 Å². The number of esters is 1. The van der Waals surface area contributed by atoms with E-state index in [1.165, 1.54) is 12.1 Å². The second kappa shape index (κ2) is 8.00. The second-order valence-electron chi connectivity index (χ2n) is 7.67. The Bertz CT molecular complexity index is 1500. The number of aliphatic hydroxyl groups excluding tert-OH is 2. The summed E-state index contributed by atoms with van der Waals surface area (Å²) in [6.07, 6.45) is 0. The number of carbonyl (C=O) groups excluding carboxylic acids is 1. The molecule has 3 aromatic carbocycles. The van der Waals surface area contributed by atoms with Gasteiger partial charge in [-0.05, 0) is 46.3 Å². The van der Waals surface area contributed by atoms with Gasteiger partial charge in [0.25, 0.3) is 0 Å². The van der Waals surface area contributed by atoms with Crippen LogP contribution in [0.2, 0.25) is 0 Å². The van der Waals surface area contributed by atoms with E-state index in [0.717, 1.165) is 0 Å². The molecule has 0 unspecified atom stereocenters. The van der Waals surface area contributed by atoms with Gasteiger partial charge in [0.15, 0.2) is 17.2 Å². The van der Waals surface area contributed by atoms with Gasteiger partial charge in [-0.15, -0.1) is 0 Å². The average Bonchev–Trinajstić information content (AvgIpc) is 3.43. The van der Waals surface area contributed by atoms with E-state index >= 15 is 0 Å². The number of ether oxygens (including phenoxy) is 3. The van der Waals surface area contributed by atoms with Crippen molar-refractivity contribution < 1.29 is 55.0 Å². The van der Waals surface area contributed by atoms with Gasteiger partial charge in [0, 0.05) is 16.5 Å². The highest BCUT2D eigenvalue weighted by atomic mass is 32.2. The molecule has 5 rings (SSSR count). The Morgan fingerprint density at radius 1 is 0.914 bits per heavy atom. The van der Waals surface area contributed by atoms with Gasteiger partial charge in [-0.2, -0.15) is 21.6 Å². The van der Waals surface area contributed by atoms with Gasteiger partial charge in [-0.25, -0.2) is 4.79 Å². The summed E-state index contributed by atoms with van der Waals surface area (Å²) in [4.78, 5) is 12.7. The van der Waals surface area contributed by atoms with Crippen LogP contribution in [0, 0.1) is 0 Å². The first-order chi connectivity index (χ1) is 16.6. The van der Waals surface area contributed by atoms with E-state index in [4.69, 9.17) is 14.2 Å². The van der Waals surface area contributed by atoms with Gasteiger partial charge in [0.05, 0.1) is 18.8 Å². The Hall–Kier alpha value is -3.55. The van der Waals surface area contributed by atoms with E-state index in [2.05, 4.69) is 4.18 Å². The van der Waals surface area contributed by atoms with Crippen molar-refractivity contribution in [3.63, 3.8) is 0 Å². The van der Waals surface area contributed by atoms with Crippen LogP contribution < -0.4 is 13.7 Å². The number of hydrogen-bond donors (Lipinski definition) is 2. The molecule has 0 atom stereocenters. The quantitative estimate of drug-likeness (QED) is 0.301. The van der Waals surface area contributed by atoms with Gasteiger partial charge >= 0.3 is 21.6 Å². The highest BCUT2D eigenvalue weighted by Gasteiger charge is 2.49. The normalized spacial score (nSPS) is 14.8. The van der Waals surface area contributed by atoms with E-state index < -0.39 is 47.2 Å². The number of cyclic esters (lactones) is 1. The van der Waals surface area contributed by atoms with Crippen molar-refractivity contribution in [2.75, 3.05) is 6.79 Å². The lowest BCUT2D eigenvalue weighted by Crippen LogP contribution is -2.28. The number of fused-ring (bicyclic) bond motifs is 3. The molecule has 0 bridgehead atoms. The molecule has 0 fully saturated rings. The molecule has 2 aliphatic heterocycles. The molecule has 13 heteroatoms. The summed E-state index contributed by atoms with van der Waals surface area (Å²) in [6, 6.07) is 7.26. The van der Waals surface area contributed by atoms with Crippen LogP contribution >= 0.6 is 0 Å². The highest BCUT2D eigenvalue weighted by molar-refractivity contribution is 7.88. The number of carbonyl (C=O) groups is 1. The van der Waals surface area contributed by atoms with Crippen molar-refractivity contribution in [2.24, 2.45) is 0 Å². The maximum Gasteiger partial charge on any atom is 0.534 e. The molecule has 0 saturated carbocycles. The molecule has 184 valence electrons. The summed E-state index contributed by atoms with van der Waals surface area (Å²) < 4.78 is 83.6. The summed E-state index contributed by atoms with van der Waals surface area (Å²) in [5, 5.41) is 19.5. The fourth-order valence-electron chi connectivity index (χ4n) is 4.12. The maximum absolute atomic E-state index is 13.2. The van der Waals surface area contributed by atoms with Gasteiger partial charge in [0.2, 0.25) is 6.79 Å². The smallest absolute Gasteiger partial charge is 0.457 e. The molecule has 2 N–H and O–H groups in total. The summed E-state index contributed by atoms with van der Waals surface area (Å²) in [5.74, 6) is -0.861. The third-order valence-electron chi connectivity index (χ3n) is 5.71. The van der Waals surface area contributed by atoms with E-state index in [-0.39, 0.29) is 45.4 Å². The monoisotopic (exact) mass is 512 g/mol. The van der Waals surface area contributed by atoms with Crippen molar-refractivity contribution in [3.05, 3.63) is 52.6 Å². The number of hydrogen-bond acceptors (Lipinski definition) is 9. The topological polar surface area (TPSA) is 129 Å². The minimum absolute atomic E-state index is 0.0315. The Morgan fingerprint density at radius 3 is 2.23 bits per heavy atom. The third kappa shape index (κ3) is 3.63. The third-order valence-corrected chi connectivity index (χ3v) is 6.66. The van der Waals surface area contributed by atoms with Crippen molar-refractivity contribution in [1.82, 2.24) is 0 Å². The predicted octanol–water partition coefficient (Wildman–Crippen LogP) is 3.12. The first-order valence-electron chi connectivity index (χ1n) is 9.99. The lowest BCUT2D eigenvalue weighted by molar-refractivity contribution is -0.0500. The number of halogens is 3. The molecule has 2 heterocycles. The Morgan fingerprint density at radius 2 is 1.57 bits per heavy atom. The van der Waals surface area contributed by atoms with Crippen LogP contribution in [0.25, 0.3) is 21.9 Å². The van der Waals surface area contributed by atoms with Crippen LogP contribution in [-0.4, -0.2) is 36.9 Å². The SMILES string of the molecule is O=C1OCc2c1c(-c1ccc3c(c1)OCO3)c1cc(CO)c(CO)cc1c2OS(=O)(=O)C(F)(F)F. The van der Waals surface area contributed by atoms with Crippen LogP contribution in [-0.2, 0) is 34.7 Å². The van der Waals surface area contributed by atoms with Crippen molar-refractivity contribution in [1.29, 1.82) is 0 Å². The minimum atomic E-state index is -6.12. The zero-order valence-corrected chi connectivity index (χ0v) is 18.3. The number of benzene rings is 3. The molecule has 0 amide bonds. The summed E-state index contributed by atoms with van der Waals surface area (Å²) in [7, 11) is -6.12. The van der Waals surface area contributed by atoms with Crippen LogP contribution in [0.3, 0.4) is 0 Å². The largest absolute Gasteiger partial charge is 0.534 e. The fourth-order valence-corrected chi connectivity index (χ4v) is 4.62. The van der Waals surface area contributed by atoms with E-state index in [1.807, 2.05) is 0 Å². The van der Waals surface area contributed by atoms with Gasteiger partial charge in [-0.1, -0.05) is 6.07 Å². The number of alkyl halides is 3. The number of rotatable bonds is 5. The lowest BCUT2D eigenvalue weighted by atomic mass is 9.87. The Kier molecular flexibility index (Phi) is 5.30. The highest BCUT2D eigenvalue weighted by Crippen LogP contribution is 2.48. The average molecular weight is 512 g/mol. The zero-order valence-electron chi connectivity index (χ0n) is 17.5. The standard InChI is InChI=1S/C22H15F3O9S/c23-22(24,25)35(29,30)34-20-14-4-12(7-27)11(6-26)3-13(14)18(19-15(20)8-31-21(19)28)10-1-2-16-17(5-10)33-9-32-16/h1-5,26-27H,6-9H2. The second-order valence-corrected chi connectivity index (χ2v) is 9.21. The molecule has 0 aliphatic carbocycles. The molecule has 0 spiro atoms. The number of aliphatic hydroxyl groups is 2. The van der Waals surface area contributed by atoms with Gasteiger partial charge in [0.1, 0.15) is 6.61 Å². The maximum atomic E-state index is 13.2. The molecule has 3 aromatic rings. The molecule has 9 nitrogen and oxygen atoms in total. The Labute approximate surface area is 195 Å². The van der Waals surface area contributed by atoms with Gasteiger partial charge < -0.3 is 28.6 Å². The van der Waals surface area contributed by atoms with Crippen molar-refractivity contribution in [2.45, 2.75) is 25.3 Å². The van der Waals surface area contributed by atoms with Crippen molar-refractivity contribution >= 4 is 26.9 Å².